The maximum Gasteiger partial charge on any atom is 0.308 e. The Morgan fingerprint density at radius 3 is 2.71 bits per heavy atom. The van der Waals surface area contributed by atoms with E-state index in [1.165, 1.54) is 29.3 Å². The van der Waals surface area contributed by atoms with E-state index in [0.717, 1.165) is 25.9 Å². The van der Waals surface area contributed by atoms with Crippen LogP contribution >= 0.6 is 0 Å². The third-order valence-electron chi connectivity index (χ3n) is 6.00. The fraction of sp³-hybridized carbons (Fsp3) is 0.409. The number of ether oxygens (including phenoxy) is 1. The van der Waals surface area contributed by atoms with E-state index in [9.17, 15) is 19.4 Å². The van der Waals surface area contributed by atoms with Gasteiger partial charge in [0.2, 0.25) is 0 Å². The zero-order valence-electron chi connectivity index (χ0n) is 15.6. The SMILES string of the molecule is O=C(O)C(Cc1cc(O)ccc1F)CN1CCC2(CC1)OCc1ccccc12. The van der Waals surface area contributed by atoms with Gasteiger partial charge in [0.25, 0.3) is 0 Å². The first-order chi connectivity index (χ1) is 13.5. The maximum atomic E-state index is 14.0. The van der Waals surface area contributed by atoms with E-state index < -0.39 is 17.7 Å². The molecule has 0 bridgehead atoms. The number of hydrogen-bond acceptors (Lipinski definition) is 4. The number of aromatic hydroxyl groups is 1. The molecule has 5 nitrogen and oxygen atoms in total. The van der Waals surface area contributed by atoms with E-state index in [2.05, 4.69) is 17.0 Å². The fourth-order valence-electron chi connectivity index (χ4n) is 4.42. The Kier molecular flexibility index (Phi) is 5.08. The van der Waals surface area contributed by atoms with Gasteiger partial charge in [-0.1, -0.05) is 24.3 Å². The molecule has 1 fully saturated rings. The van der Waals surface area contributed by atoms with Gasteiger partial charge in [0.1, 0.15) is 11.6 Å². The molecule has 0 radical (unpaired) electrons. The van der Waals surface area contributed by atoms with Crippen LogP contribution in [-0.2, 0) is 28.2 Å². The highest BCUT2D eigenvalue weighted by molar-refractivity contribution is 5.70. The molecule has 2 aliphatic heterocycles. The molecular weight excluding hydrogens is 361 g/mol. The lowest BCUT2D eigenvalue weighted by Gasteiger charge is -2.40. The number of carboxylic acids is 1. The standard InChI is InChI=1S/C22H24FNO4/c23-20-6-5-18(25)12-16(20)11-17(21(26)27)13-24-9-7-22(8-10-24)19-4-2-1-3-15(19)14-28-22/h1-6,12,17,25H,7-11,13-14H2,(H,26,27). The minimum atomic E-state index is -0.953. The summed E-state index contributed by atoms with van der Waals surface area (Å²) in [5, 5.41) is 19.2. The van der Waals surface area contributed by atoms with Crippen molar-refractivity contribution in [3.05, 3.63) is 65.0 Å². The molecule has 28 heavy (non-hydrogen) atoms. The molecule has 2 heterocycles. The lowest BCUT2D eigenvalue weighted by Crippen LogP contribution is -2.45. The molecule has 2 aliphatic rings. The maximum absolute atomic E-state index is 14.0. The van der Waals surface area contributed by atoms with Gasteiger partial charge in [-0.25, -0.2) is 4.39 Å². The first-order valence-corrected chi connectivity index (χ1v) is 9.62. The summed E-state index contributed by atoms with van der Waals surface area (Å²) in [6.45, 7) is 2.45. The van der Waals surface area contributed by atoms with E-state index in [0.29, 0.717) is 13.2 Å². The van der Waals surface area contributed by atoms with Gasteiger partial charge in [-0.2, -0.15) is 0 Å². The van der Waals surface area contributed by atoms with Crippen LogP contribution in [0.2, 0.25) is 0 Å². The molecule has 2 aromatic carbocycles. The van der Waals surface area contributed by atoms with E-state index in [-0.39, 0.29) is 23.3 Å². The van der Waals surface area contributed by atoms with Crippen LogP contribution in [0.5, 0.6) is 5.75 Å². The smallest absolute Gasteiger partial charge is 0.308 e. The Morgan fingerprint density at radius 2 is 1.96 bits per heavy atom. The summed E-state index contributed by atoms with van der Waals surface area (Å²) in [4.78, 5) is 13.9. The molecule has 148 valence electrons. The number of carboxylic acid groups (broad SMARTS) is 1. The minimum Gasteiger partial charge on any atom is -0.508 e. The lowest BCUT2D eigenvalue weighted by molar-refractivity contribution is -0.143. The summed E-state index contributed by atoms with van der Waals surface area (Å²) in [6, 6.07) is 12.0. The third-order valence-corrected chi connectivity index (χ3v) is 6.00. The molecule has 0 aliphatic carbocycles. The highest BCUT2D eigenvalue weighted by atomic mass is 19.1. The van der Waals surface area contributed by atoms with Gasteiger partial charge in [-0.05, 0) is 54.2 Å². The van der Waals surface area contributed by atoms with Crippen molar-refractivity contribution < 1.29 is 24.1 Å². The van der Waals surface area contributed by atoms with Gasteiger partial charge in [0.05, 0.1) is 18.1 Å². The first-order valence-electron chi connectivity index (χ1n) is 9.62. The minimum absolute atomic E-state index is 0.0521. The Bertz CT molecular complexity index is 877. The van der Waals surface area contributed by atoms with Crippen LogP contribution in [0.1, 0.15) is 29.5 Å². The second-order valence-corrected chi connectivity index (χ2v) is 7.76. The van der Waals surface area contributed by atoms with Gasteiger partial charge in [0, 0.05) is 19.6 Å². The first kappa shape index (κ1) is 18.9. The Hall–Kier alpha value is -2.44. The van der Waals surface area contributed by atoms with Gasteiger partial charge in [-0.15, -0.1) is 0 Å². The molecule has 1 atom stereocenters. The zero-order chi connectivity index (χ0) is 19.7. The predicted octanol–water partition coefficient (Wildman–Crippen LogP) is 3.30. The third kappa shape index (κ3) is 3.62. The van der Waals surface area contributed by atoms with Gasteiger partial charge in [-0.3, -0.25) is 4.79 Å². The zero-order valence-corrected chi connectivity index (χ0v) is 15.6. The van der Waals surface area contributed by atoms with Crippen molar-refractivity contribution >= 4 is 5.97 Å². The number of piperidine rings is 1. The number of nitrogens with zero attached hydrogens (tertiary/aromatic N) is 1. The molecule has 4 rings (SSSR count). The number of halogens is 1. The number of rotatable bonds is 5. The van der Waals surface area contributed by atoms with Crippen LogP contribution < -0.4 is 0 Å². The van der Waals surface area contributed by atoms with Crippen LogP contribution in [0.25, 0.3) is 0 Å². The lowest BCUT2D eigenvalue weighted by atomic mass is 9.83. The quantitative estimate of drug-likeness (QED) is 0.827. The van der Waals surface area contributed by atoms with E-state index in [1.54, 1.807) is 0 Å². The Morgan fingerprint density at radius 1 is 1.21 bits per heavy atom. The van der Waals surface area contributed by atoms with Crippen LogP contribution in [0.3, 0.4) is 0 Å². The van der Waals surface area contributed by atoms with Crippen LogP contribution in [0.15, 0.2) is 42.5 Å². The summed E-state index contributed by atoms with van der Waals surface area (Å²) >= 11 is 0. The van der Waals surface area contributed by atoms with E-state index >= 15 is 0 Å². The molecule has 1 spiro atoms. The fourth-order valence-corrected chi connectivity index (χ4v) is 4.42. The van der Waals surface area contributed by atoms with Crippen LogP contribution in [0.4, 0.5) is 4.39 Å². The number of phenols is 1. The highest BCUT2D eigenvalue weighted by Crippen LogP contribution is 2.44. The second-order valence-electron chi connectivity index (χ2n) is 7.76. The summed E-state index contributed by atoms with van der Waals surface area (Å²) in [5.74, 6) is -2.23. The Labute approximate surface area is 163 Å². The number of phenolic OH excluding ortho intramolecular Hbond substituents is 1. The number of carbonyl (C=O) groups is 1. The molecule has 1 saturated heterocycles. The normalized spacial score (nSPS) is 19.5. The molecule has 2 N–H and O–H groups in total. The molecule has 2 aromatic rings. The molecular formula is C22H24FNO4. The largest absolute Gasteiger partial charge is 0.508 e. The number of hydrogen-bond donors (Lipinski definition) is 2. The van der Waals surface area contributed by atoms with Crippen molar-refractivity contribution in [2.45, 2.75) is 31.5 Å². The molecule has 0 saturated carbocycles. The van der Waals surface area contributed by atoms with Gasteiger partial charge < -0.3 is 19.8 Å². The van der Waals surface area contributed by atoms with E-state index in [1.807, 2.05) is 12.1 Å². The average Bonchev–Trinajstić information content (AvgIpc) is 3.04. The summed E-state index contributed by atoms with van der Waals surface area (Å²) in [6.07, 6.45) is 1.68. The van der Waals surface area contributed by atoms with Gasteiger partial charge >= 0.3 is 5.97 Å². The van der Waals surface area contributed by atoms with Crippen molar-refractivity contribution in [3.8, 4) is 5.75 Å². The number of likely N-dealkylation sites (tertiary alicyclic amines) is 1. The van der Waals surface area contributed by atoms with Crippen molar-refractivity contribution in [1.82, 2.24) is 4.90 Å². The monoisotopic (exact) mass is 385 g/mol. The van der Waals surface area contributed by atoms with Crippen LogP contribution in [0, 0.1) is 11.7 Å². The van der Waals surface area contributed by atoms with Crippen LogP contribution in [-0.4, -0.2) is 40.7 Å². The predicted molar refractivity (Wildman–Crippen MR) is 101 cm³/mol. The number of aliphatic carboxylic acids is 1. The van der Waals surface area contributed by atoms with Gasteiger partial charge in [0.15, 0.2) is 0 Å². The number of benzene rings is 2. The summed E-state index contributed by atoms with van der Waals surface area (Å²) in [5.41, 5.74) is 2.46. The molecule has 0 amide bonds. The molecule has 0 aromatic heterocycles. The average molecular weight is 385 g/mol. The topological polar surface area (TPSA) is 70.0 Å². The Balaban J connectivity index is 1.42. The molecule has 1 unspecified atom stereocenters. The summed E-state index contributed by atoms with van der Waals surface area (Å²) in [7, 11) is 0. The van der Waals surface area contributed by atoms with E-state index in [4.69, 9.17) is 4.74 Å². The molecule has 6 heteroatoms. The number of fused-ring (bicyclic) bond motifs is 2. The summed E-state index contributed by atoms with van der Waals surface area (Å²) < 4.78 is 20.1. The van der Waals surface area contributed by atoms with Crippen molar-refractivity contribution in [1.29, 1.82) is 0 Å². The second kappa shape index (κ2) is 7.53. The van der Waals surface area contributed by atoms with Crippen molar-refractivity contribution in [2.24, 2.45) is 5.92 Å². The van der Waals surface area contributed by atoms with Crippen molar-refractivity contribution in [3.63, 3.8) is 0 Å². The highest BCUT2D eigenvalue weighted by Gasteiger charge is 2.42. The van der Waals surface area contributed by atoms with Crippen molar-refractivity contribution in [2.75, 3.05) is 19.6 Å².